The zero-order chi connectivity index (χ0) is 12.8. The minimum Gasteiger partial charge on any atom is -1.00 e. The Hall–Kier alpha value is -0.280. The van der Waals surface area contributed by atoms with Gasteiger partial charge in [-0.1, -0.05) is 13.8 Å². The first-order chi connectivity index (χ1) is 8.55. The van der Waals surface area contributed by atoms with Crippen molar-refractivity contribution in [3.8, 4) is 0 Å². The Morgan fingerprint density at radius 3 is 2.00 bits per heavy atom. The van der Waals surface area contributed by atoms with E-state index in [1.165, 1.54) is 38.5 Å². The van der Waals surface area contributed by atoms with Crippen molar-refractivity contribution in [1.29, 1.82) is 0 Å². The molecule has 110 valence electrons. The SMILES string of the molecule is CC(C)NCC(=O)NC12CC3CC(CC(C3)C1)C2.[Cl-]. The Bertz CT molecular complexity index is 308. The van der Waals surface area contributed by atoms with Gasteiger partial charge in [-0.2, -0.15) is 0 Å². The molecule has 0 saturated heterocycles. The third-order valence-corrected chi connectivity index (χ3v) is 5.11. The molecule has 3 nitrogen and oxygen atoms in total. The van der Waals surface area contributed by atoms with E-state index in [0.717, 1.165) is 17.8 Å². The molecule has 0 atom stereocenters. The number of carbonyl (C=O) groups is 1. The van der Waals surface area contributed by atoms with Crippen LogP contribution in [0.2, 0.25) is 0 Å². The summed E-state index contributed by atoms with van der Waals surface area (Å²) >= 11 is 0. The summed E-state index contributed by atoms with van der Waals surface area (Å²) in [7, 11) is 0. The van der Waals surface area contributed by atoms with Crippen LogP contribution in [-0.2, 0) is 4.79 Å². The van der Waals surface area contributed by atoms with Crippen molar-refractivity contribution in [2.24, 2.45) is 17.8 Å². The van der Waals surface area contributed by atoms with Crippen LogP contribution in [0.4, 0.5) is 0 Å². The van der Waals surface area contributed by atoms with Gasteiger partial charge in [-0.05, 0) is 56.3 Å². The lowest BCUT2D eigenvalue weighted by atomic mass is 9.53. The zero-order valence-electron chi connectivity index (χ0n) is 12.0. The summed E-state index contributed by atoms with van der Waals surface area (Å²) in [5.74, 6) is 2.89. The third-order valence-electron chi connectivity index (χ3n) is 5.11. The number of hydrogen-bond acceptors (Lipinski definition) is 2. The molecule has 0 spiro atoms. The molecule has 0 aromatic heterocycles. The molecule has 4 fully saturated rings. The van der Waals surface area contributed by atoms with Gasteiger partial charge in [0.05, 0.1) is 6.54 Å². The second kappa shape index (κ2) is 5.61. The quantitative estimate of drug-likeness (QED) is 0.701. The van der Waals surface area contributed by atoms with Crippen LogP contribution in [0, 0.1) is 17.8 Å². The number of hydrogen-bond donors (Lipinski definition) is 2. The molecule has 4 rings (SSSR count). The van der Waals surface area contributed by atoms with Crippen LogP contribution >= 0.6 is 0 Å². The first-order valence-corrected chi connectivity index (χ1v) is 7.59. The molecule has 0 aromatic carbocycles. The largest absolute Gasteiger partial charge is 1.00 e. The lowest BCUT2D eigenvalue weighted by molar-refractivity contribution is -0.126. The smallest absolute Gasteiger partial charge is 0.234 e. The van der Waals surface area contributed by atoms with Crippen LogP contribution in [-0.4, -0.2) is 24.0 Å². The Morgan fingerprint density at radius 1 is 1.11 bits per heavy atom. The van der Waals surface area contributed by atoms with E-state index in [9.17, 15) is 4.79 Å². The van der Waals surface area contributed by atoms with Crippen LogP contribution in [0.5, 0.6) is 0 Å². The van der Waals surface area contributed by atoms with Crippen LogP contribution in [0.1, 0.15) is 52.4 Å². The predicted octanol–water partition coefficient (Wildman–Crippen LogP) is -0.927. The van der Waals surface area contributed by atoms with E-state index in [0.29, 0.717) is 12.6 Å². The molecule has 2 N–H and O–H groups in total. The third kappa shape index (κ3) is 3.25. The lowest BCUT2D eigenvalue weighted by Gasteiger charge is -2.56. The number of carbonyl (C=O) groups excluding carboxylic acids is 1. The summed E-state index contributed by atoms with van der Waals surface area (Å²) in [5.41, 5.74) is 0.171. The Morgan fingerprint density at radius 2 is 1.58 bits per heavy atom. The summed E-state index contributed by atoms with van der Waals surface area (Å²) in [6.45, 7) is 4.63. The highest BCUT2D eigenvalue weighted by molar-refractivity contribution is 5.79. The molecule has 4 saturated carbocycles. The minimum absolute atomic E-state index is 0. The molecule has 19 heavy (non-hydrogen) atoms. The van der Waals surface area contributed by atoms with Crippen molar-refractivity contribution >= 4 is 5.91 Å². The maximum absolute atomic E-state index is 12.1. The highest BCUT2D eigenvalue weighted by Crippen LogP contribution is 2.55. The second-order valence-corrected chi connectivity index (χ2v) is 7.28. The molecule has 4 aliphatic rings. The highest BCUT2D eigenvalue weighted by Gasteiger charge is 2.51. The van der Waals surface area contributed by atoms with Gasteiger partial charge in [0.15, 0.2) is 0 Å². The van der Waals surface area contributed by atoms with Crippen molar-refractivity contribution < 1.29 is 17.2 Å². The lowest BCUT2D eigenvalue weighted by Crippen LogP contribution is -3.00. The van der Waals surface area contributed by atoms with Gasteiger partial charge in [0.25, 0.3) is 0 Å². The first kappa shape index (κ1) is 15.1. The Labute approximate surface area is 122 Å². The minimum atomic E-state index is 0. The molecule has 0 aliphatic heterocycles. The average Bonchev–Trinajstić information content (AvgIpc) is 2.23. The van der Waals surface area contributed by atoms with Crippen molar-refractivity contribution in [1.82, 2.24) is 10.6 Å². The van der Waals surface area contributed by atoms with E-state index in [2.05, 4.69) is 24.5 Å². The van der Waals surface area contributed by atoms with E-state index >= 15 is 0 Å². The summed E-state index contributed by atoms with van der Waals surface area (Å²) in [4.78, 5) is 12.1. The number of nitrogens with one attached hydrogen (secondary N) is 2. The van der Waals surface area contributed by atoms with E-state index in [1.807, 2.05) is 0 Å². The van der Waals surface area contributed by atoms with Crippen molar-refractivity contribution in [3.63, 3.8) is 0 Å². The van der Waals surface area contributed by atoms with E-state index in [4.69, 9.17) is 0 Å². The first-order valence-electron chi connectivity index (χ1n) is 7.59. The fourth-order valence-corrected chi connectivity index (χ4v) is 4.90. The molecule has 4 heteroatoms. The van der Waals surface area contributed by atoms with Crippen molar-refractivity contribution in [2.75, 3.05) is 6.54 Å². The number of amides is 1. The summed E-state index contributed by atoms with van der Waals surface area (Å²) < 4.78 is 0. The fraction of sp³-hybridized carbons (Fsp3) is 0.933. The molecule has 0 heterocycles. The van der Waals surface area contributed by atoms with Gasteiger partial charge in [0.1, 0.15) is 0 Å². The Balaban J connectivity index is 0.00000133. The molecular weight excluding hydrogens is 260 g/mol. The van der Waals surface area contributed by atoms with Gasteiger partial charge in [0.2, 0.25) is 5.91 Å². The van der Waals surface area contributed by atoms with E-state index < -0.39 is 0 Å². The van der Waals surface area contributed by atoms with Crippen molar-refractivity contribution in [3.05, 3.63) is 0 Å². The number of rotatable bonds is 4. The van der Waals surface area contributed by atoms with Gasteiger partial charge < -0.3 is 23.0 Å². The number of halogens is 1. The summed E-state index contributed by atoms with van der Waals surface area (Å²) in [6, 6.07) is 0.382. The molecule has 0 unspecified atom stereocenters. The maximum atomic E-state index is 12.1. The van der Waals surface area contributed by atoms with Crippen molar-refractivity contribution in [2.45, 2.75) is 64.0 Å². The van der Waals surface area contributed by atoms with Crippen LogP contribution < -0.4 is 23.0 Å². The van der Waals surface area contributed by atoms with Gasteiger partial charge in [-0.15, -0.1) is 0 Å². The van der Waals surface area contributed by atoms with Crippen LogP contribution in [0.25, 0.3) is 0 Å². The van der Waals surface area contributed by atoms with E-state index in [-0.39, 0.29) is 23.9 Å². The Kier molecular flexibility index (Phi) is 4.46. The second-order valence-electron chi connectivity index (χ2n) is 7.28. The fourth-order valence-electron chi connectivity index (χ4n) is 4.90. The van der Waals surface area contributed by atoms with Crippen LogP contribution in [0.3, 0.4) is 0 Å². The van der Waals surface area contributed by atoms with Gasteiger partial charge in [-0.3, -0.25) is 4.79 Å². The zero-order valence-corrected chi connectivity index (χ0v) is 12.8. The summed E-state index contributed by atoms with van der Waals surface area (Å²) in [5, 5.41) is 6.59. The topological polar surface area (TPSA) is 41.1 Å². The maximum Gasteiger partial charge on any atom is 0.234 e. The molecular formula is C15H26ClN2O-. The van der Waals surface area contributed by atoms with E-state index in [1.54, 1.807) is 0 Å². The molecule has 4 aliphatic carbocycles. The van der Waals surface area contributed by atoms with Gasteiger partial charge in [0, 0.05) is 11.6 Å². The molecule has 4 bridgehead atoms. The standard InChI is InChI=1S/C15H26N2O.ClH/c1-10(2)16-9-14(18)17-15-6-11-3-12(7-15)5-13(4-11)8-15;/h10-13,16H,3-9H2,1-2H3,(H,17,18);1H/p-1. The highest BCUT2D eigenvalue weighted by atomic mass is 35.5. The van der Waals surface area contributed by atoms with Gasteiger partial charge >= 0.3 is 0 Å². The normalized spacial score (nSPS) is 39.2. The summed E-state index contributed by atoms with van der Waals surface area (Å²) in [6.07, 6.45) is 8.02. The molecule has 0 radical (unpaired) electrons. The average molecular weight is 286 g/mol. The monoisotopic (exact) mass is 285 g/mol. The predicted molar refractivity (Wildman–Crippen MR) is 72.2 cm³/mol. The molecule has 1 amide bonds. The molecule has 0 aromatic rings. The van der Waals surface area contributed by atoms with Gasteiger partial charge in [-0.25, -0.2) is 0 Å². The van der Waals surface area contributed by atoms with Crippen LogP contribution in [0.15, 0.2) is 0 Å².